The molecule has 0 saturated carbocycles. The summed E-state index contributed by atoms with van der Waals surface area (Å²) in [7, 11) is -36.5. The number of nitrogens with two attached hydrogens (primary N) is 1. The van der Waals surface area contributed by atoms with Crippen LogP contribution in [0.25, 0.3) is 0 Å². The summed E-state index contributed by atoms with van der Waals surface area (Å²) >= 11 is 0. The molecule has 2 heterocycles. The molecule has 0 bridgehead atoms. The van der Waals surface area contributed by atoms with Gasteiger partial charge in [-0.25, -0.2) is 32.2 Å². The number of unbranched alkanes of at least 4 members (excludes halogenated alkanes) is 3. The summed E-state index contributed by atoms with van der Waals surface area (Å²) < 4.78 is 105. The molecule has 0 aromatic carbocycles. The van der Waals surface area contributed by atoms with E-state index in [4.69, 9.17) is 10.5 Å². The van der Waals surface area contributed by atoms with Crippen molar-refractivity contribution in [3.63, 3.8) is 0 Å². The number of rotatable bonds is 21. The monoisotopic (exact) mass is 821 g/mol. The number of phosphoric acid groups is 6. The average Bonchev–Trinajstić information content (AvgIpc) is 3.23. The lowest BCUT2D eigenvalue weighted by Crippen LogP contribution is -2.33. The van der Waals surface area contributed by atoms with Crippen molar-refractivity contribution in [2.24, 2.45) is 5.73 Å². The zero-order chi connectivity index (χ0) is 36.8. The van der Waals surface area contributed by atoms with Crippen LogP contribution in [0.1, 0.15) is 43.9 Å². The number of ether oxygens (including phenoxy) is 1. The van der Waals surface area contributed by atoms with Crippen LogP contribution < -0.4 is 17.0 Å². The van der Waals surface area contributed by atoms with Crippen LogP contribution >= 0.6 is 46.9 Å². The fourth-order valence-corrected chi connectivity index (χ4v) is 11.4. The second-order valence-electron chi connectivity index (χ2n) is 9.46. The molecule has 1 aliphatic heterocycles. The summed E-state index contributed by atoms with van der Waals surface area (Å²) in [5, 5.41) is 10.2. The molecule has 26 nitrogen and oxygen atoms in total. The van der Waals surface area contributed by atoms with Crippen molar-refractivity contribution in [1.29, 1.82) is 0 Å². The van der Waals surface area contributed by atoms with Crippen LogP contribution in [0.4, 0.5) is 0 Å². The van der Waals surface area contributed by atoms with Crippen molar-refractivity contribution < 1.29 is 97.2 Å². The van der Waals surface area contributed by atoms with Crippen LogP contribution in [-0.2, 0) is 62.7 Å². The van der Waals surface area contributed by atoms with E-state index in [9.17, 15) is 71.4 Å². The molecule has 1 saturated heterocycles. The molecule has 2 rings (SSSR count). The molecule has 280 valence electrons. The van der Waals surface area contributed by atoms with E-state index in [1.54, 1.807) is 0 Å². The summed E-state index contributed by atoms with van der Waals surface area (Å²) in [5.41, 5.74) is 3.77. The zero-order valence-corrected chi connectivity index (χ0v) is 29.7. The van der Waals surface area contributed by atoms with Gasteiger partial charge >= 0.3 is 52.6 Å². The van der Waals surface area contributed by atoms with Gasteiger partial charge in [0.25, 0.3) is 5.56 Å². The smallest absolute Gasteiger partial charge is 0.390 e. The second kappa shape index (κ2) is 17.3. The zero-order valence-electron chi connectivity index (χ0n) is 24.3. The third-order valence-corrected chi connectivity index (χ3v) is 14.7. The number of hydrogen-bond acceptors (Lipinski definition) is 18. The van der Waals surface area contributed by atoms with E-state index in [0.717, 1.165) is 10.8 Å². The highest BCUT2D eigenvalue weighted by molar-refractivity contribution is 7.72. The van der Waals surface area contributed by atoms with Gasteiger partial charge in [0, 0.05) is 18.2 Å². The van der Waals surface area contributed by atoms with E-state index in [-0.39, 0.29) is 18.4 Å². The Balaban J connectivity index is 1.94. The molecule has 9 atom stereocenters. The Morgan fingerprint density at radius 3 is 1.75 bits per heavy atom. The van der Waals surface area contributed by atoms with Gasteiger partial charge in [0.05, 0.1) is 19.3 Å². The largest absolute Gasteiger partial charge is 0.490 e. The van der Waals surface area contributed by atoms with Crippen LogP contribution in [0.2, 0.25) is 0 Å². The minimum absolute atomic E-state index is 0.0914. The van der Waals surface area contributed by atoms with Crippen LogP contribution in [-0.4, -0.2) is 76.0 Å². The van der Waals surface area contributed by atoms with Gasteiger partial charge in [-0.3, -0.25) is 23.4 Å². The van der Waals surface area contributed by atoms with Crippen molar-refractivity contribution in [1.82, 2.24) is 9.55 Å². The maximum Gasteiger partial charge on any atom is 0.490 e. The van der Waals surface area contributed by atoms with E-state index in [2.05, 4.69) is 30.6 Å². The van der Waals surface area contributed by atoms with E-state index < -0.39 is 89.8 Å². The molecule has 1 aromatic heterocycles. The number of aliphatic hydroxyl groups excluding tert-OH is 1. The number of nitrogens with zero attached hydrogens (tertiary/aromatic N) is 1. The fraction of sp³-hybridized carbons (Fsp3) is 0.750. The molecule has 0 radical (unpaired) electrons. The Kier molecular flexibility index (Phi) is 15.7. The lowest BCUT2D eigenvalue weighted by Gasteiger charge is -2.21. The SMILES string of the molecule is Cc1cn(C2CC(O)C(COP(=O)(O)OP(=O)(O)OP(=O)(O)OP(=O)(O)OP(=O)(O)OP(=O)(O)OCCCCCCN)O2)c(=O)[nH]c1=O. The van der Waals surface area contributed by atoms with Gasteiger partial charge in [0.1, 0.15) is 12.3 Å². The Labute approximate surface area is 269 Å². The van der Waals surface area contributed by atoms with Crippen LogP contribution in [0, 0.1) is 6.92 Å². The first-order valence-electron chi connectivity index (χ1n) is 12.9. The predicted molar refractivity (Wildman–Crippen MR) is 154 cm³/mol. The van der Waals surface area contributed by atoms with Crippen molar-refractivity contribution in [3.05, 3.63) is 32.6 Å². The Morgan fingerprint density at radius 2 is 1.25 bits per heavy atom. The van der Waals surface area contributed by atoms with Crippen LogP contribution in [0.3, 0.4) is 0 Å². The molecular formula is C16H33N3O23P6. The first-order valence-corrected chi connectivity index (χ1v) is 21.9. The van der Waals surface area contributed by atoms with Crippen LogP contribution in [0.5, 0.6) is 0 Å². The molecule has 0 amide bonds. The number of H-pyrrole nitrogens is 1. The average molecular weight is 821 g/mol. The summed E-state index contributed by atoms with van der Waals surface area (Å²) in [6, 6.07) is 0. The number of aliphatic hydroxyl groups is 1. The van der Waals surface area contributed by atoms with Gasteiger partial charge in [0.15, 0.2) is 0 Å². The highest BCUT2D eigenvalue weighted by Crippen LogP contribution is 2.75. The Bertz CT molecular complexity index is 1680. The summed E-state index contributed by atoms with van der Waals surface area (Å²) in [4.78, 5) is 83.1. The first-order chi connectivity index (χ1) is 21.8. The molecule has 0 aliphatic carbocycles. The minimum Gasteiger partial charge on any atom is -0.390 e. The molecule has 1 aromatic rings. The predicted octanol–water partition coefficient (Wildman–Crippen LogP) is 0.731. The van der Waals surface area contributed by atoms with Gasteiger partial charge in [-0.1, -0.05) is 12.8 Å². The van der Waals surface area contributed by atoms with Gasteiger partial charge in [-0.15, -0.1) is 0 Å². The third kappa shape index (κ3) is 15.3. The molecule has 9 unspecified atom stereocenters. The van der Waals surface area contributed by atoms with E-state index in [0.29, 0.717) is 25.8 Å². The van der Waals surface area contributed by atoms with Crippen LogP contribution in [0.15, 0.2) is 15.8 Å². The number of hydrogen-bond donors (Lipinski definition) is 9. The quantitative estimate of drug-likeness (QED) is 0.0609. The third-order valence-electron chi connectivity index (χ3n) is 5.45. The van der Waals surface area contributed by atoms with Gasteiger partial charge in [-0.05, 0) is 26.3 Å². The lowest BCUT2D eigenvalue weighted by atomic mass is 10.2. The van der Waals surface area contributed by atoms with Gasteiger partial charge in [-0.2, -0.15) is 21.6 Å². The molecule has 10 N–H and O–H groups in total. The highest BCUT2D eigenvalue weighted by atomic mass is 31.3. The fourth-order valence-electron chi connectivity index (χ4n) is 3.54. The van der Waals surface area contributed by atoms with Crippen molar-refractivity contribution in [3.8, 4) is 0 Å². The molecule has 0 spiro atoms. The van der Waals surface area contributed by atoms with E-state index in [1.807, 2.05) is 4.98 Å². The first kappa shape index (κ1) is 43.6. The maximum atomic E-state index is 12.2. The molecule has 1 fully saturated rings. The molecular weight excluding hydrogens is 788 g/mol. The molecule has 1 aliphatic rings. The Morgan fingerprint density at radius 1 is 0.792 bits per heavy atom. The molecule has 48 heavy (non-hydrogen) atoms. The van der Waals surface area contributed by atoms with Crippen molar-refractivity contribution in [2.45, 2.75) is 57.5 Å². The van der Waals surface area contributed by atoms with Crippen molar-refractivity contribution in [2.75, 3.05) is 19.8 Å². The summed E-state index contributed by atoms with van der Waals surface area (Å²) in [5.74, 6) is 0. The van der Waals surface area contributed by atoms with Crippen molar-refractivity contribution >= 4 is 46.9 Å². The van der Waals surface area contributed by atoms with E-state index >= 15 is 0 Å². The topological polar surface area (TPSA) is 399 Å². The summed E-state index contributed by atoms with van der Waals surface area (Å²) in [6.07, 6.45) is -1.54. The summed E-state index contributed by atoms with van der Waals surface area (Å²) in [6.45, 7) is 0.160. The second-order valence-corrected chi connectivity index (χ2v) is 18.9. The van der Waals surface area contributed by atoms with Gasteiger partial charge in [0.2, 0.25) is 0 Å². The minimum atomic E-state index is -6.44. The van der Waals surface area contributed by atoms with E-state index in [1.165, 1.54) is 6.92 Å². The van der Waals surface area contributed by atoms with Gasteiger partial charge < -0.3 is 44.9 Å². The maximum absolute atomic E-state index is 12.2. The highest BCUT2D eigenvalue weighted by Gasteiger charge is 2.50. The Hall–Kier alpha value is -0.580. The number of nitrogens with one attached hydrogen (secondary N) is 1. The lowest BCUT2D eigenvalue weighted by molar-refractivity contribution is -0.0450. The number of aromatic amines is 1. The standard InChI is InChI=1S/C16H33N3O23P6/c1-11-9-19(16(22)18-15(11)21)14-8-12(20)13(37-14)10-36-44(25,26)39-46(29,30)41-48(33,34)42-47(31,32)40-45(27,28)38-43(23,24)35-7-5-3-2-4-6-17/h9,12-14,20H,2-8,10,17H2,1H3,(H,23,24)(H,25,26)(H,27,28)(H,29,30)(H,31,32)(H,33,34)(H,18,21,22). The number of aryl methyl sites for hydroxylation is 1. The normalized spacial score (nSPS) is 26.0. The number of aromatic nitrogens is 2. The number of phosphoric ester groups is 2. The molecule has 32 heteroatoms.